The number of ketones is 2. The summed E-state index contributed by atoms with van der Waals surface area (Å²) in [4.78, 5) is 35.6. The first-order chi connectivity index (χ1) is 11.5. The van der Waals surface area contributed by atoms with Crippen LogP contribution in [0.3, 0.4) is 0 Å². The lowest BCUT2D eigenvalue weighted by Crippen LogP contribution is -2.22. The fourth-order valence-corrected chi connectivity index (χ4v) is 2.50. The van der Waals surface area contributed by atoms with Gasteiger partial charge in [-0.2, -0.15) is 0 Å². The van der Waals surface area contributed by atoms with Crippen LogP contribution in [0.4, 0.5) is 0 Å². The van der Waals surface area contributed by atoms with Crippen molar-refractivity contribution < 1.29 is 24.2 Å². The van der Waals surface area contributed by atoms with Gasteiger partial charge in [0, 0.05) is 11.1 Å². The van der Waals surface area contributed by atoms with Gasteiger partial charge in [-0.1, -0.05) is 36.4 Å². The Bertz CT molecular complexity index is 842. The largest absolute Gasteiger partial charge is 0.479 e. The zero-order chi connectivity index (χ0) is 17.3. The maximum Gasteiger partial charge on any atom is 0.344 e. The van der Waals surface area contributed by atoms with Gasteiger partial charge in [0.15, 0.2) is 17.7 Å². The van der Waals surface area contributed by atoms with Crippen molar-refractivity contribution in [1.82, 2.24) is 0 Å². The Morgan fingerprint density at radius 3 is 2.25 bits per heavy atom. The van der Waals surface area contributed by atoms with Crippen LogP contribution in [0.5, 0.6) is 5.75 Å². The smallest absolute Gasteiger partial charge is 0.344 e. The van der Waals surface area contributed by atoms with Gasteiger partial charge in [-0.05, 0) is 30.7 Å². The highest BCUT2D eigenvalue weighted by atomic mass is 16.5. The zero-order valence-electron chi connectivity index (χ0n) is 12.9. The topological polar surface area (TPSA) is 80.7 Å². The molecule has 120 valence electrons. The molecule has 0 aromatic heterocycles. The SMILES string of the molecule is CC(Oc1cccc(C=C2C(=O)c3ccccc3C2=O)c1)C(=O)O. The number of fused-ring (bicyclic) bond motifs is 1. The molecule has 1 unspecified atom stereocenters. The lowest BCUT2D eigenvalue weighted by Gasteiger charge is -2.10. The van der Waals surface area contributed by atoms with Crippen molar-refractivity contribution in [2.45, 2.75) is 13.0 Å². The molecule has 0 amide bonds. The van der Waals surface area contributed by atoms with Crippen molar-refractivity contribution in [1.29, 1.82) is 0 Å². The van der Waals surface area contributed by atoms with Crippen LogP contribution >= 0.6 is 0 Å². The average molecular weight is 322 g/mol. The van der Waals surface area contributed by atoms with Crippen molar-refractivity contribution in [3.63, 3.8) is 0 Å². The summed E-state index contributed by atoms with van der Waals surface area (Å²) in [6, 6.07) is 13.3. The van der Waals surface area contributed by atoms with Gasteiger partial charge >= 0.3 is 5.97 Å². The van der Waals surface area contributed by atoms with Crippen LogP contribution in [-0.4, -0.2) is 28.7 Å². The lowest BCUT2D eigenvalue weighted by molar-refractivity contribution is -0.144. The first-order valence-electron chi connectivity index (χ1n) is 7.37. The van der Waals surface area contributed by atoms with Crippen LogP contribution in [0.25, 0.3) is 6.08 Å². The minimum absolute atomic E-state index is 0.0969. The van der Waals surface area contributed by atoms with Gasteiger partial charge in [-0.25, -0.2) is 4.79 Å². The van der Waals surface area contributed by atoms with Crippen molar-refractivity contribution in [3.8, 4) is 5.75 Å². The second-order valence-electron chi connectivity index (χ2n) is 5.43. The van der Waals surface area contributed by atoms with Crippen LogP contribution in [0.1, 0.15) is 33.2 Å². The number of carboxylic acid groups (broad SMARTS) is 1. The molecule has 0 heterocycles. The van der Waals surface area contributed by atoms with E-state index in [1.54, 1.807) is 48.5 Å². The van der Waals surface area contributed by atoms with Gasteiger partial charge in [0.1, 0.15) is 5.75 Å². The maximum atomic E-state index is 12.4. The van der Waals surface area contributed by atoms with E-state index < -0.39 is 12.1 Å². The summed E-state index contributed by atoms with van der Waals surface area (Å²) in [6.45, 7) is 1.42. The molecule has 1 aliphatic carbocycles. The van der Waals surface area contributed by atoms with Gasteiger partial charge < -0.3 is 9.84 Å². The van der Waals surface area contributed by atoms with Crippen LogP contribution in [0.15, 0.2) is 54.1 Å². The summed E-state index contributed by atoms with van der Waals surface area (Å²) in [5.41, 5.74) is 1.50. The number of carboxylic acids is 1. The monoisotopic (exact) mass is 322 g/mol. The summed E-state index contributed by atoms with van der Waals surface area (Å²) in [7, 11) is 0. The number of aliphatic carboxylic acids is 1. The van der Waals surface area contributed by atoms with E-state index in [4.69, 9.17) is 9.84 Å². The standard InChI is InChI=1S/C19H14O5/c1-11(19(22)23)24-13-6-4-5-12(9-13)10-16-17(20)14-7-2-3-8-15(14)18(16)21/h2-11H,1H3,(H,22,23). The Kier molecular flexibility index (Phi) is 4.00. The molecular weight excluding hydrogens is 308 g/mol. The summed E-state index contributed by atoms with van der Waals surface area (Å²) >= 11 is 0. The lowest BCUT2D eigenvalue weighted by atomic mass is 10.1. The van der Waals surface area contributed by atoms with Crippen molar-refractivity contribution in [2.75, 3.05) is 0 Å². The van der Waals surface area contributed by atoms with E-state index >= 15 is 0 Å². The summed E-state index contributed by atoms with van der Waals surface area (Å²) in [5, 5.41) is 8.89. The Balaban J connectivity index is 1.92. The minimum atomic E-state index is -1.07. The second-order valence-corrected chi connectivity index (χ2v) is 5.43. The molecule has 2 aromatic carbocycles. The van der Waals surface area contributed by atoms with Crippen molar-refractivity contribution >= 4 is 23.6 Å². The van der Waals surface area contributed by atoms with Gasteiger partial charge in [-0.3, -0.25) is 9.59 Å². The predicted octanol–water partition coefficient (Wildman–Crippen LogP) is 3.00. The fourth-order valence-electron chi connectivity index (χ4n) is 2.50. The molecule has 3 rings (SSSR count). The Morgan fingerprint density at radius 1 is 1.04 bits per heavy atom. The Hall–Kier alpha value is -3.21. The number of hydrogen-bond acceptors (Lipinski definition) is 4. The van der Waals surface area contributed by atoms with Crippen molar-refractivity contribution in [3.05, 3.63) is 70.8 Å². The molecule has 24 heavy (non-hydrogen) atoms. The van der Waals surface area contributed by atoms with E-state index in [-0.39, 0.29) is 17.1 Å². The molecule has 0 spiro atoms. The number of carbonyl (C=O) groups is 3. The highest BCUT2D eigenvalue weighted by Crippen LogP contribution is 2.28. The van der Waals surface area contributed by atoms with Gasteiger partial charge in [-0.15, -0.1) is 0 Å². The number of hydrogen-bond donors (Lipinski definition) is 1. The van der Waals surface area contributed by atoms with E-state index in [0.29, 0.717) is 22.4 Å². The summed E-state index contributed by atoms with van der Waals surface area (Å²) < 4.78 is 5.30. The molecule has 1 atom stereocenters. The highest BCUT2D eigenvalue weighted by Gasteiger charge is 2.32. The average Bonchev–Trinajstić information content (AvgIpc) is 2.81. The van der Waals surface area contributed by atoms with E-state index in [1.807, 2.05) is 0 Å². The third-order valence-electron chi connectivity index (χ3n) is 3.74. The third kappa shape index (κ3) is 2.84. The first-order valence-corrected chi connectivity index (χ1v) is 7.37. The Labute approximate surface area is 138 Å². The fraction of sp³-hybridized carbons (Fsp3) is 0.105. The third-order valence-corrected chi connectivity index (χ3v) is 3.74. The molecular formula is C19H14O5. The Morgan fingerprint density at radius 2 is 1.67 bits per heavy atom. The normalized spacial score (nSPS) is 14.3. The summed E-state index contributed by atoms with van der Waals surface area (Å²) in [6.07, 6.45) is 0.509. The van der Waals surface area contributed by atoms with Gasteiger partial charge in [0.25, 0.3) is 0 Å². The zero-order valence-corrected chi connectivity index (χ0v) is 12.9. The summed E-state index contributed by atoms with van der Waals surface area (Å²) in [5.74, 6) is -1.33. The van der Waals surface area contributed by atoms with E-state index in [0.717, 1.165) is 0 Å². The maximum absolute atomic E-state index is 12.4. The predicted molar refractivity (Wildman–Crippen MR) is 87.2 cm³/mol. The van der Waals surface area contributed by atoms with E-state index in [2.05, 4.69) is 0 Å². The number of carbonyl (C=O) groups excluding carboxylic acids is 2. The number of ether oxygens (including phenoxy) is 1. The highest BCUT2D eigenvalue weighted by molar-refractivity contribution is 6.41. The van der Waals surface area contributed by atoms with E-state index in [1.165, 1.54) is 13.0 Å². The molecule has 2 aromatic rings. The van der Waals surface area contributed by atoms with Gasteiger partial charge in [0.2, 0.25) is 0 Å². The molecule has 0 saturated carbocycles. The van der Waals surface area contributed by atoms with Gasteiger partial charge in [0.05, 0.1) is 5.57 Å². The molecule has 0 radical (unpaired) electrons. The van der Waals surface area contributed by atoms with Crippen molar-refractivity contribution in [2.24, 2.45) is 0 Å². The first kappa shape index (κ1) is 15.7. The molecule has 1 N–H and O–H groups in total. The molecule has 5 nitrogen and oxygen atoms in total. The number of benzene rings is 2. The molecule has 0 fully saturated rings. The molecule has 1 aliphatic rings. The van der Waals surface area contributed by atoms with Crippen LogP contribution in [0.2, 0.25) is 0 Å². The second kappa shape index (κ2) is 6.12. The molecule has 0 saturated heterocycles. The quantitative estimate of drug-likeness (QED) is 0.691. The van der Waals surface area contributed by atoms with Crippen LogP contribution in [-0.2, 0) is 4.79 Å². The van der Waals surface area contributed by atoms with E-state index in [9.17, 15) is 14.4 Å². The number of Topliss-reactive ketones (excluding diaryl/α,β-unsaturated/α-hetero) is 2. The van der Waals surface area contributed by atoms with Crippen LogP contribution in [0, 0.1) is 0 Å². The number of rotatable bonds is 4. The minimum Gasteiger partial charge on any atom is -0.479 e. The molecule has 0 bridgehead atoms. The molecule has 5 heteroatoms. The molecule has 0 aliphatic heterocycles. The number of allylic oxidation sites excluding steroid dienone is 1. The van der Waals surface area contributed by atoms with Crippen LogP contribution < -0.4 is 4.74 Å².